The lowest BCUT2D eigenvalue weighted by atomic mass is 10.1. The highest BCUT2D eigenvalue weighted by Gasteiger charge is 2.31. The monoisotopic (exact) mass is 248 g/mol. The summed E-state index contributed by atoms with van der Waals surface area (Å²) in [7, 11) is 0. The smallest absolute Gasteiger partial charge is 0.254 e. The number of hydrogen-bond acceptors (Lipinski definition) is 3. The Kier molecular flexibility index (Phi) is 3.66. The lowest BCUT2D eigenvalue weighted by molar-refractivity contribution is 0.0764. The van der Waals surface area contributed by atoms with E-state index in [9.17, 15) is 9.90 Å². The molecule has 2 heterocycles. The van der Waals surface area contributed by atoms with Gasteiger partial charge in [-0.25, -0.2) is 0 Å². The Morgan fingerprint density at radius 1 is 1.50 bits per heavy atom. The SMILES string of the molecule is CC(C)c1cc(C(=O)N2CC(C)C(O)C2)ccn1. The number of likely N-dealkylation sites (tertiary alicyclic amines) is 1. The van der Waals surface area contributed by atoms with Gasteiger partial charge in [0.15, 0.2) is 0 Å². The molecule has 1 amide bonds. The molecule has 1 aromatic rings. The molecular weight excluding hydrogens is 228 g/mol. The predicted molar refractivity (Wildman–Crippen MR) is 69.4 cm³/mol. The van der Waals surface area contributed by atoms with Gasteiger partial charge in [-0.3, -0.25) is 9.78 Å². The third-order valence-electron chi connectivity index (χ3n) is 3.48. The van der Waals surface area contributed by atoms with Crippen molar-refractivity contribution in [2.75, 3.05) is 13.1 Å². The standard InChI is InChI=1S/C14H20N2O2/c1-9(2)12-6-11(4-5-15-12)14(18)16-7-10(3)13(17)8-16/h4-6,9-10,13,17H,7-8H2,1-3H3. The lowest BCUT2D eigenvalue weighted by Crippen LogP contribution is -2.29. The number of carbonyl (C=O) groups is 1. The molecule has 1 saturated heterocycles. The summed E-state index contributed by atoms with van der Waals surface area (Å²) >= 11 is 0. The number of pyridine rings is 1. The van der Waals surface area contributed by atoms with Gasteiger partial charge in [0.1, 0.15) is 0 Å². The van der Waals surface area contributed by atoms with E-state index in [1.807, 2.05) is 13.0 Å². The van der Waals surface area contributed by atoms with Crippen LogP contribution in [0.5, 0.6) is 0 Å². The third-order valence-corrected chi connectivity index (χ3v) is 3.48. The molecule has 4 nitrogen and oxygen atoms in total. The van der Waals surface area contributed by atoms with E-state index in [0.717, 1.165) is 5.69 Å². The number of rotatable bonds is 2. The van der Waals surface area contributed by atoms with E-state index in [0.29, 0.717) is 24.6 Å². The largest absolute Gasteiger partial charge is 0.391 e. The van der Waals surface area contributed by atoms with Crippen molar-refractivity contribution < 1.29 is 9.90 Å². The van der Waals surface area contributed by atoms with Gasteiger partial charge in [-0.15, -0.1) is 0 Å². The van der Waals surface area contributed by atoms with E-state index < -0.39 is 6.10 Å². The molecule has 1 aliphatic heterocycles. The van der Waals surface area contributed by atoms with Gasteiger partial charge in [-0.1, -0.05) is 20.8 Å². The first-order valence-electron chi connectivity index (χ1n) is 6.42. The zero-order valence-electron chi connectivity index (χ0n) is 11.1. The number of amides is 1. The predicted octanol–water partition coefficient (Wildman–Crippen LogP) is 1.66. The molecule has 2 atom stereocenters. The second-order valence-corrected chi connectivity index (χ2v) is 5.38. The first kappa shape index (κ1) is 13.0. The van der Waals surface area contributed by atoms with Gasteiger partial charge in [0, 0.05) is 36.5 Å². The van der Waals surface area contributed by atoms with E-state index >= 15 is 0 Å². The molecular formula is C14H20N2O2. The highest BCUT2D eigenvalue weighted by atomic mass is 16.3. The van der Waals surface area contributed by atoms with Gasteiger partial charge in [0.25, 0.3) is 5.91 Å². The number of aliphatic hydroxyl groups is 1. The minimum atomic E-state index is -0.402. The highest BCUT2D eigenvalue weighted by Crippen LogP contribution is 2.20. The maximum atomic E-state index is 12.3. The van der Waals surface area contributed by atoms with Gasteiger partial charge in [-0.05, 0) is 18.1 Å². The Morgan fingerprint density at radius 2 is 2.22 bits per heavy atom. The minimum absolute atomic E-state index is 0.0114. The number of β-amino-alcohol motifs (C(OH)–C–C–N with tert-alkyl or cyclic N) is 1. The van der Waals surface area contributed by atoms with Crippen LogP contribution < -0.4 is 0 Å². The zero-order valence-corrected chi connectivity index (χ0v) is 11.1. The van der Waals surface area contributed by atoms with Crippen molar-refractivity contribution in [1.82, 2.24) is 9.88 Å². The molecule has 0 bridgehead atoms. The average molecular weight is 248 g/mol. The van der Waals surface area contributed by atoms with Crippen LogP contribution in [0, 0.1) is 5.92 Å². The van der Waals surface area contributed by atoms with Crippen LogP contribution in [0.4, 0.5) is 0 Å². The number of carbonyl (C=O) groups excluding carboxylic acids is 1. The summed E-state index contributed by atoms with van der Waals surface area (Å²) < 4.78 is 0. The maximum Gasteiger partial charge on any atom is 0.254 e. The van der Waals surface area contributed by atoms with Crippen molar-refractivity contribution >= 4 is 5.91 Å². The molecule has 1 aliphatic rings. The van der Waals surface area contributed by atoms with Crippen molar-refractivity contribution in [2.45, 2.75) is 32.8 Å². The first-order valence-corrected chi connectivity index (χ1v) is 6.42. The molecule has 2 unspecified atom stereocenters. The summed E-state index contributed by atoms with van der Waals surface area (Å²) in [5.74, 6) is 0.448. The fourth-order valence-electron chi connectivity index (χ4n) is 2.20. The van der Waals surface area contributed by atoms with Crippen LogP contribution in [0.2, 0.25) is 0 Å². The van der Waals surface area contributed by atoms with Crippen molar-refractivity contribution in [2.24, 2.45) is 5.92 Å². The van der Waals surface area contributed by atoms with Crippen LogP contribution in [-0.2, 0) is 0 Å². The summed E-state index contributed by atoms with van der Waals surface area (Å²) in [6.45, 7) is 7.12. The van der Waals surface area contributed by atoms with Crippen LogP contribution in [0.3, 0.4) is 0 Å². The molecule has 0 aliphatic carbocycles. The van der Waals surface area contributed by atoms with Gasteiger partial charge in [0.2, 0.25) is 0 Å². The third kappa shape index (κ3) is 2.53. The summed E-state index contributed by atoms with van der Waals surface area (Å²) in [4.78, 5) is 18.3. The number of aliphatic hydroxyl groups excluding tert-OH is 1. The topological polar surface area (TPSA) is 53.4 Å². The molecule has 4 heteroatoms. The van der Waals surface area contributed by atoms with Gasteiger partial charge in [-0.2, -0.15) is 0 Å². The second kappa shape index (κ2) is 5.06. The quantitative estimate of drug-likeness (QED) is 0.866. The number of hydrogen-bond donors (Lipinski definition) is 1. The Hall–Kier alpha value is -1.42. The summed E-state index contributed by atoms with van der Waals surface area (Å²) in [5.41, 5.74) is 1.59. The molecule has 18 heavy (non-hydrogen) atoms. The van der Waals surface area contributed by atoms with E-state index in [1.165, 1.54) is 0 Å². The Balaban J connectivity index is 2.17. The van der Waals surface area contributed by atoms with E-state index in [4.69, 9.17) is 0 Å². The molecule has 1 N–H and O–H groups in total. The minimum Gasteiger partial charge on any atom is -0.391 e. The molecule has 2 rings (SSSR count). The molecule has 0 spiro atoms. The molecule has 1 aromatic heterocycles. The highest BCUT2D eigenvalue weighted by molar-refractivity contribution is 5.94. The second-order valence-electron chi connectivity index (χ2n) is 5.38. The fraction of sp³-hybridized carbons (Fsp3) is 0.571. The van der Waals surface area contributed by atoms with E-state index in [-0.39, 0.29) is 11.8 Å². The zero-order chi connectivity index (χ0) is 13.3. The lowest BCUT2D eigenvalue weighted by Gasteiger charge is -2.16. The van der Waals surface area contributed by atoms with Gasteiger partial charge >= 0.3 is 0 Å². The van der Waals surface area contributed by atoms with Crippen molar-refractivity contribution in [3.8, 4) is 0 Å². The summed E-state index contributed by atoms with van der Waals surface area (Å²) in [5, 5.41) is 9.70. The van der Waals surface area contributed by atoms with Crippen LogP contribution in [-0.4, -0.2) is 40.1 Å². The van der Waals surface area contributed by atoms with Crippen LogP contribution >= 0.6 is 0 Å². The van der Waals surface area contributed by atoms with Crippen LogP contribution in [0.25, 0.3) is 0 Å². The molecule has 98 valence electrons. The van der Waals surface area contributed by atoms with Gasteiger partial charge < -0.3 is 10.0 Å². The summed E-state index contributed by atoms with van der Waals surface area (Å²) in [6.07, 6.45) is 1.28. The Labute approximate surface area is 108 Å². The van der Waals surface area contributed by atoms with Crippen molar-refractivity contribution in [3.63, 3.8) is 0 Å². The van der Waals surface area contributed by atoms with Crippen molar-refractivity contribution in [3.05, 3.63) is 29.6 Å². The average Bonchev–Trinajstić information content (AvgIpc) is 2.69. The van der Waals surface area contributed by atoms with Gasteiger partial charge in [0.05, 0.1) is 6.10 Å². The van der Waals surface area contributed by atoms with E-state index in [1.54, 1.807) is 17.2 Å². The Bertz CT molecular complexity index is 435. The summed E-state index contributed by atoms with van der Waals surface area (Å²) in [6, 6.07) is 3.59. The number of aromatic nitrogens is 1. The van der Waals surface area contributed by atoms with E-state index in [2.05, 4.69) is 18.8 Å². The first-order chi connectivity index (χ1) is 8.49. The fourth-order valence-corrected chi connectivity index (χ4v) is 2.20. The van der Waals surface area contributed by atoms with Crippen molar-refractivity contribution in [1.29, 1.82) is 0 Å². The van der Waals surface area contributed by atoms with Crippen LogP contribution in [0.1, 0.15) is 42.7 Å². The normalized spacial score (nSPS) is 23.7. The molecule has 0 saturated carbocycles. The Morgan fingerprint density at radius 3 is 2.78 bits per heavy atom. The maximum absolute atomic E-state index is 12.3. The molecule has 1 fully saturated rings. The molecule has 0 radical (unpaired) electrons. The number of nitrogens with zero attached hydrogens (tertiary/aromatic N) is 2. The van der Waals surface area contributed by atoms with Crippen LogP contribution in [0.15, 0.2) is 18.3 Å². The molecule has 0 aromatic carbocycles.